The maximum atomic E-state index is 14.8. The van der Waals surface area contributed by atoms with Gasteiger partial charge in [0.2, 0.25) is 11.7 Å². The quantitative estimate of drug-likeness (QED) is 0.127. The summed E-state index contributed by atoms with van der Waals surface area (Å²) in [4.78, 5) is 37.1. The summed E-state index contributed by atoms with van der Waals surface area (Å²) in [7, 11) is 0. The lowest BCUT2D eigenvalue weighted by Crippen LogP contribution is -2.36. The highest BCUT2D eigenvalue weighted by Crippen LogP contribution is 2.36. The van der Waals surface area contributed by atoms with Gasteiger partial charge in [0.05, 0.1) is 35.0 Å². The van der Waals surface area contributed by atoms with E-state index in [4.69, 9.17) is 27.0 Å². The molecule has 3 N–H and O–H groups in total. The first-order chi connectivity index (χ1) is 22.7. The number of nitrogens with one attached hydrogen (secondary N) is 1. The van der Waals surface area contributed by atoms with Gasteiger partial charge in [-0.15, -0.1) is 22.7 Å². The predicted octanol–water partition coefficient (Wildman–Crippen LogP) is 5.70. The molecule has 2 aromatic heterocycles. The summed E-state index contributed by atoms with van der Waals surface area (Å²) < 4.78 is 40.8. The minimum atomic E-state index is -1.19. The summed E-state index contributed by atoms with van der Waals surface area (Å²) >= 11 is 9.16. The smallest absolute Gasteiger partial charge is 0.257 e. The number of aryl methyl sites for hydroxylation is 1. The molecule has 1 aliphatic heterocycles. The number of nitrogens with zero attached hydrogens (tertiary/aromatic N) is 4. The second kappa shape index (κ2) is 16.4. The van der Waals surface area contributed by atoms with E-state index in [-0.39, 0.29) is 36.7 Å². The number of hydrogen-bond donors (Lipinski definition) is 2. The van der Waals surface area contributed by atoms with Gasteiger partial charge in [-0.3, -0.25) is 14.0 Å². The van der Waals surface area contributed by atoms with Crippen molar-refractivity contribution in [1.82, 2.24) is 19.7 Å². The summed E-state index contributed by atoms with van der Waals surface area (Å²) in [6.45, 7) is 4.53. The van der Waals surface area contributed by atoms with Crippen molar-refractivity contribution in [2.45, 2.75) is 32.2 Å². The Morgan fingerprint density at radius 3 is 2.64 bits per heavy atom. The van der Waals surface area contributed by atoms with Crippen LogP contribution in [0.15, 0.2) is 47.3 Å². The van der Waals surface area contributed by atoms with Crippen LogP contribution in [0.1, 0.15) is 36.6 Å². The summed E-state index contributed by atoms with van der Waals surface area (Å²) in [5.41, 5.74) is 11.6. The molecule has 3 heterocycles. The average molecular weight is 705 g/mol. The third kappa shape index (κ3) is 9.02. The highest BCUT2D eigenvalue weighted by atomic mass is 35.5. The number of nitrogens with two attached hydrogens (primary N) is 1. The molecule has 10 nitrogen and oxygen atoms in total. The Bertz CT molecular complexity index is 1670. The van der Waals surface area contributed by atoms with Gasteiger partial charge >= 0.3 is 0 Å². The van der Waals surface area contributed by atoms with Crippen molar-refractivity contribution in [3.05, 3.63) is 70.2 Å². The molecule has 0 aliphatic carbocycles. The number of amides is 2. The van der Waals surface area contributed by atoms with Crippen LogP contribution in [0.3, 0.4) is 0 Å². The molecule has 4 aromatic rings. The lowest BCUT2D eigenvalue weighted by atomic mass is 10.0. The molecule has 1 atom stereocenters. The largest absolute Gasteiger partial charge is 0.480 e. The van der Waals surface area contributed by atoms with Gasteiger partial charge < -0.3 is 25.4 Å². The van der Waals surface area contributed by atoms with E-state index < -0.39 is 30.2 Å². The standard InChI is InChI=1S/C32H35ClF2N6O4S2/c1-20-31(47-19-38-20)22-6-4-21(5-7-22)25(36)16-28(43)41(33)11-3-2-10-37-27(42)17-45-30-23(8-9-24(34)29(30)35)26-18-46-32(39-26)40-12-14-44-15-13-40/h4-9,18-19,25H,2-3,10-17,36H2,1H3,(H,37,42)/t25-/m0/s1. The normalized spacial score (nSPS) is 13.8. The van der Waals surface area contributed by atoms with Gasteiger partial charge in [-0.25, -0.2) is 14.4 Å². The fourth-order valence-electron chi connectivity index (χ4n) is 4.95. The van der Waals surface area contributed by atoms with Crippen LogP contribution < -0.4 is 20.7 Å². The topological polar surface area (TPSA) is 123 Å². The van der Waals surface area contributed by atoms with Crippen molar-refractivity contribution < 1.29 is 27.8 Å². The molecule has 2 amide bonds. The van der Waals surface area contributed by atoms with Crippen molar-refractivity contribution in [2.75, 3.05) is 50.9 Å². The van der Waals surface area contributed by atoms with Crippen LogP contribution in [0.5, 0.6) is 5.75 Å². The number of benzene rings is 2. The van der Waals surface area contributed by atoms with Gasteiger partial charge in [0, 0.05) is 61.4 Å². The fourth-order valence-corrected chi connectivity index (χ4v) is 6.82. The van der Waals surface area contributed by atoms with Gasteiger partial charge in [0.1, 0.15) is 0 Å². The predicted molar refractivity (Wildman–Crippen MR) is 180 cm³/mol. The van der Waals surface area contributed by atoms with Gasteiger partial charge in [0.25, 0.3) is 5.91 Å². The number of rotatable bonds is 14. The zero-order valence-electron chi connectivity index (χ0n) is 25.7. The van der Waals surface area contributed by atoms with Crippen molar-refractivity contribution in [3.8, 4) is 27.4 Å². The molecule has 0 bridgehead atoms. The number of aromatic nitrogens is 2. The lowest BCUT2D eigenvalue weighted by Gasteiger charge is -2.26. The van der Waals surface area contributed by atoms with Crippen molar-refractivity contribution >= 4 is 51.4 Å². The van der Waals surface area contributed by atoms with Crippen LogP contribution in [-0.4, -0.2) is 72.2 Å². The zero-order valence-corrected chi connectivity index (χ0v) is 28.1. The molecule has 2 aromatic carbocycles. The Morgan fingerprint density at radius 2 is 1.91 bits per heavy atom. The SMILES string of the molecule is Cc1ncsc1-c1ccc([C@@H](N)CC(=O)N(Cl)CCCCNC(=O)COc2c(-c3csc(N4CCOCC4)n3)ccc(F)c2F)cc1. The molecule has 0 unspecified atom stereocenters. The minimum absolute atomic E-state index is 0.0462. The molecule has 0 spiro atoms. The molecule has 15 heteroatoms. The molecular weight excluding hydrogens is 670 g/mol. The van der Waals surface area contributed by atoms with Crippen LogP contribution in [0.4, 0.5) is 13.9 Å². The molecule has 0 radical (unpaired) electrons. The van der Waals surface area contributed by atoms with E-state index in [1.165, 1.54) is 17.4 Å². The number of halogens is 3. The number of unbranched alkanes of at least 4 members (excludes halogenated alkanes) is 1. The van der Waals surface area contributed by atoms with E-state index in [1.54, 1.807) is 22.2 Å². The fraction of sp³-hybridized carbons (Fsp3) is 0.375. The molecule has 1 aliphatic rings. The van der Waals surface area contributed by atoms with Gasteiger partial charge in [0.15, 0.2) is 23.3 Å². The van der Waals surface area contributed by atoms with E-state index >= 15 is 0 Å². The number of ether oxygens (including phenoxy) is 2. The highest BCUT2D eigenvalue weighted by Gasteiger charge is 2.22. The number of carbonyl (C=O) groups is 2. The first-order valence-corrected chi connectivity index (χ1v) is 17.2. The van der Waals surface area contributed by atoms with E-state index in [2.05, 4.69) is 20.2 Å². The summed E-state index contributed by atoms with van der Waals surface area (Å²) in [5.74, 6) is -3.46. The number of hydrogen-bond acceptors (Lipinski definition) is 10. The summed E-state index contributed by atoms with van der Waals surface area (Å²) in [5, 5.41) is 5.17. The Hall–Kier alpha value is -3.69. The summed E-state index contributed by atoms with van der Waals surface area (Å²) in [6.07, 6.45) is 1.09. The Balaban J connectivity index is 1.03. The molecule has 250 valence electrons. The first-order valence-electron chi connectivity index (χ1n) is 15.1. The van der Waals surface area contributed by atoms with E-state index in [0.29, 0.717) is 44.8 Å². The maximum Gasteiger partial charge on any atom is 0.257 e. The third-order valence-electron chi connectivity index (χ3n) is 7.56. The van der Waals surface area contributed by atoms with Crippen LogP contribution in [0.2, 0.25) is 0 Å². The monoisotopic (exact) mass is 704 g/mol. The van der Waals surface area contributed by atoms with Crippen LogP contribution in [0, 0.1) is 18.6 Å². The van der Waals surface area contributed by atoms with Gasteiger partial charge in [-0.05, 0) is 43.0 Å². The van der Waals surface area contributed by atoms with E-state index in [1.807, 2.05) is 31.2 Å². The van der Waals surface area contributed by atoms with Crippen molar-refractivity contribution in [3.63, 3.8) is 0 Å². The van der Waals surface area contributed by atoms with Gasteiger partial charge in [-0.1, -0.05) is 24.3 Å². The molecular formula is C32H35ClF2N6O4S2. The zero-order chi connectivity index (χ0) is 33.3. The molecule has 47 heavy (non-hydrogen) atoms. The molecule has 0 saturated carbocycles. The number of thiazole rings is 2. The van der Waals surface area contributed by atoms with Crippen LogP contribution >= 0.6 is 34.5 Å². The number of anilines is 1. The first kappa shape index (κ1) is 34.6. The molecule has 1 saturated heterocycles. The Labute approximate surface area is 284 Å². The van der Waals surface area contributed by atoms with Crippen molar-refractivity contribution in [1.29, 1.82) is 0 Å². The van der Waals surface area contributed by atoms with Crippen LogP contribution in [0.25, 0.3) is 21.7 Å². The Kier molecular flexibility index (Phi) is 12.1. The molecule has 5 rings (SSSR count). The lowest BCUT2D eigenvalue weighted by molar-refractivity contribution is -0.127. The number of morpholine rings is 1. The third-order valence-corrected chi connectivity index (χ3v) is 9.80. The molecule has 1 fully saturated rings. The van der Waals surface area contributed by atoms with E-state index in [9.17, 15) is 18.4 Å². The maximum absolute atomic E-state index is 14.8. The second-order valence-electron chi connectivity index (χ2n) is 10.9. The minimum Gasteiger partial charge on any atom is -0.480 e. The Morgan fingerprint density at radius 1 is 1.15 bits per heavy atom. The summed E-state index contributed by atoms with van der Waals surface area (Å²) in [6, 6.07) is 9.63. The van der Waals surface area contributed by atoms with Crippen molar-refractivity contribution in [2.24, 2.45) is 5.73 Å². The van der Waals surface area contributed by atoms with Crippen LogP contribution in [-0.2, 0) is 14.3 Å². The van der Waals surface area contributed by atoms with Gasteiger partial charge in [-0.2, -0.15) is 4.39 Å². The number of carbonyl (C=O) groups excluding carboxylic acids is 2. The van der Waals surface area contributed by atoms with E-state index in [0.717, 1.165) is 37.3 Å². The second-order valence-corrected chi connectivity index (χ2v) is 13.0. The average Bonchev–Trinajstić information content (AvgIpc) is 3.75. The highest BCUT2D eigenvalue weighted by molar-refractivity contribution is 7.14.